The summed E-state index contributed by atoms with van der Waals surface area (Å²) in [5, 5.41) is 12.1. The molecule has 2 unspecified atom stereocenters. The van der Waals surface area contributed by atoms with Gasteiger partial charge in [-0.05, 0) is 32.1 Å². The predicted molar refractivity (Wildman–Crippen MR) is 73.1 cm³/mol. The Balaban J connectivity index is 1.94. The summed E-state index contributed by atoms with van der Waals surface area (Å²) in [5.74, 6) is -1.12. The van der Waals surface area contributed by atoms with E-state index >= 15 is 0 Å². The number of carbonyl (C=O) groups excluding carboxylic acids is 1. The molecule has 1 saturated heterocycles. The highest BCUT2D eigenvalue weighted by Crippen LogP contribution is 2.31. The van der Waals surface area contributed by atoms with Gasteiger partial charge in [0.15, 0.2) is 0 Å². The fourth-order valence-electron chi connectivity index (χ4n) is 3.17. The molecule has 20 heavy (non-hydrogen) atoms. The molecule has 6 nitrogen and oxygen atoms in total. The maximum atomic E-state index is 12.5. The number of amides is 1. The lowest BCUT2D eigenvalue weighted by Gasteiger charge is -2.37. The summed E-state index contributed by atoms with van der Waals surface area (Å²) < 4.78 is 5.30. The van der Waals surface area contributed by atoms with Gasteiger partial charge in [0.2, 0.25) is 5.91 Å². The number of nitrogens with two attached hydrogens (primary N) is 1. The summed E-state index contributed by atoms with van der Waals surface area (Å²) >= 11 is 0. The SMILES string of the molecule is NCC1(C(=O)NC2CCCC(C(=O)O)C2)CCOCC1. The lowest BCUT2D eigenvalue weighted by molar-refractivity contribution is -0.144. The van der Waals surface area contributed by atoms with Crippen LogP contribution in [-0.4, -0.2) is 42.8 Å². The van der Waals surface area contributed by atoms with Gasteiger partial charge in [-0.15, -0.1) is 0 Å². The lowest BCUT2D eigenvalue weighted by Crippen LogP contribution is -2.52. The number of hydrogen-bond donors (Lipinski definition) is 3. The minimum atomic E-state index is -0.761. The standard InChI is InChI=1S/C14H24N2O4/c15-9-14(4-6-20-7-5-14)13(19)16-11-3-1-2-10(8-11)12(17)18/h10-11H,1-9,15H2,(H,16,19)(H,17,18). The van der Waals surface area contributed by atoms with Crippen molar-refractivity contribution < 1.29 is 19.4 Å². The van der Waals surface area contributed by atoms with Gasteiger partial charge >= 0.3 is 5.97 Å². The van der Waals surface area contributed by atoms with Crippen LogP contribution in [0.15, 0.2) is 0 Å². The van der Waals surface area contributed by atoms with Crippen LogP contribution in [0.3, 0.4) is 0 Å². The van der Waals surface area contributed by atoms with Crippen molar-refractivity contribution in [2.24, 2.45) is 17.1 Å². The molecule has 2 atom stereocenters. The number of hydrogen-bond acceptors (Lipinski definition) is 4. The van der Waals surface area contributed by atoms with Gasteiger partial charge in [0.05, 0.1) is 11.3 Å². The van der Waals surface area contributed by atoms with Crippen molar-refractivity contribution in [3.8, 4) is 0 Å². The smallest absolute Gasteiger partial charge is 0.306 e. The fraction of sp³-hybridized carbons (Fsp3) is 0.857. The third kappa shape index (κ3) is 3.30. The first-order valence-electron chi connectivity index (χ1n) is 7.39. The van der Waals surface area contributed by atoms with Crippen LogP contribution in [0, 0.1) is 11.3 Å². The monoisotopic (exact) mass is 284 g/mol. The van der Waals surface area contributed by atoms with E-state index in [0.717, 1.165) is 12.8 Å². The van der Waals surface area contributed by atoms with Crippen molar-refractivity contribution in [2.75, 3.05) is 19.8 Å². The number of carboxylic acids is 1. The Kier molecular flexibility index (Phi) is 4.99. The second-order valence-corrected chi connectivity index (χ2v) is 5.97. The number of carbonyl (C=O) groups is 2. The first-order chi connectivity index (χ1) is 9.57. The molecule has 0 bridgehead atoms. The molecule has 0 radical (unpaired) electrons. The van der Waals surface area contributed by atoms with E-state index in [4.69, 9.17) is 15.6 Å². The van der Waals surface area contributed by atoms with Crippen molar-refractivity contribution in [3.63, 3.8) is 0 Å². The number of rotatable bonds is 4. The van der Waals surface area contributed by atoms with Crippen molar-refractivity contribution in [1.29, 1.82) is 0 Å². The molecule has 2 rings (SSSR count). The Labute approximate surface area is 119 Å². The first-order valence-corrected chi connectivity index (χ1v) is 7.39. The van der Waals surface area contributed by atoms with Crippen LogP contribution >= 0.6 is 0 Å². The molecule has 4 N–H and O–H groups in total. The number of aliphatic carboxylic acids is 1. The van der Waals surface area contributed by atoms with Gasteiger partial charge in [0, 0.05) is 25.8 Å². The van der Waals surface area contributed by atoms with Gasteiger partial charge in [0.1, 0.15) is 0 Å². The van der Waals surface area contributed by atoms with Crippen LogP contribution in [0.5, 0.6) is 0 Å². The fourth-order valence-corrected chi connectivity index (χ4v) is 3.17. The van der Waals surface area contributed by atoms with Gasteiger partial charge < -0.3 is 20.9 Å². The third-order valence-corrected chi connectivity index (χ3v) is 4.68. The van der Waals surface area contributed by atoms with E-state index in [-0.39, 0.29) is 17.9 Å². The van der Waals surface area contributed by atoms with E-state index < -0.39 is 11.4 Å². The minimum absolute atomic E-state index is 0.0284. The van der Waals surface area contributed by atoms with E-state index in [2.05, 4.69) is 5.32 Å². The Hall–Kier alpha value is -1.14. The molecule has 2 aliphatic rings. The molecule has 6 heteroatoms. The highest BCUT2D eigenvalue weighted by molar-refractivity contribution is 5.83. The number of carboxylic acid groups (broad SMARTS) is 1. The quantitative estimate of drug-likeness (QED) is 0.698. The Morgan fingerprint density at radius 3 is 2.60 bits per heavy atom. The van der Waals surface area contributed by atoms with Gasteiger partial charge in [-0.25, -0.2) is 0 Å². The predicted octanol–water partition coefficient (Wildman–Crippen LogP) is 0.501. The van der Waals surface area contributed by atoms with E-state index in [9.17, 15) is 9.59 Å². The molecule has 0 aromatic carbocycles. The Morgan fingerprint density at radius 1 is 1.30 bits per heavy atom. The molecule has 1 aliphatic carbocycles. The summed E-state index contributed by atoms with van der Waals surface area (Å²) in [6.45, 7) is 1.44. The largest absolute Gasteiger partial charge is 0.481 e. The van der Waals surface area contributed by atoms with Crippen LogP contribution in [-0.2, 0) is 14.3 Å². The van der Waals surface area contributed by atoms with E-state index in [1.807, 2.05) is 0 Å². The first kappa shape index (κ1) is 15.3. The highest BCUT2D eigenvalue weighted by atomic mass is 16.5. The zero-order chi connectivity index (χ0) is 14.6. The second-order valence-electron chi connectivity index (χ2n) is 5.97. The molecule has 1 saturated carbocycles. The maximum absolute atomic E-state index is 12.5. The van der Waals surface area contributed by atoms with E-state index in [0.29, 0.717) is 45.4 Å². The van der Waals surface area contributed by atoms with Crippen LogP contribution < -0.4 is 11.1 Å². The van der Waals surface area contributed by atoms with Gasteiger partial charge in [-0.3, -0.25) is 9.59 Å². The topological polar surface area (TPSA) is 102 Å². The van der Waals surface area contributed by atoms with Crippen LogP contribution in [0.2, 0.25) is 0 Å². The zero-order valence-electron chi connectivity index (χ0n) is 11.8. The van der Waals surface area contributed by atoms with Crippen molar-refractivity contribution >= 4 is 11.9 Å². The molecule has 1 aliphatic heterocycles. The van der Waals surface area contributed by atoms with E-state index in [1.54, 1.807) is 0 Å². The number of nitrogens with one attached hydrogen (secondary N) is 1. The second kappa shape index (κ2) is 6.54. The van der Waals surface area contributed by atoms with Gasteiger partial charge in [-0.2, -0.15) is 0 Å². The molecule has 1 amide bonds. The molecule has 0 spiro atoms. The molecule has 1 heterocycles. The van der Waals surface area contributed by atoms with Crippen molar-refractivity contribution in [3.05, 3.63) is 0 Å². The van der Waals surface area contributed by atoms with Crippen LogP contribution in [0.25, 0.3) is 0 Å². The average molecular weight is 284 g/mol. The zero-order valence-corrected chi connectivity index (χ0v) is 11.8. The van der Waals surface area contributed by atoms with Crippen molar-refractivity contribution in [2.45, 2.75) is 44.6 Å². The van der Waals surface area contributed by atoms with E-state index in [1.165, 1.54) is 0 Å². The molecule has 114 valence electrons. The molecule has 2 fully saturated rings. The van der Waals surface area contributed by atoms with Crippen LogP contribution in [0.4, 0.5) is 0 Å². The summed E-state index contributed by atoms with van der Waals surface area (Å²) in [4.78, 5) is 23.6. The van der Waals surface area contributed by atoms with Crippen LogP contribution in [0.1, 0.15) is 38.5 Å². The van der Waals surface area contributed by atoms with Crippen molar-refractivity contribution in [1.82, 2.24) is 5.32 Å². The van der Waals surface area contributed by atoms with Gasteiger partial charge in [0.25, 0.3) is 0 Å². The third-order valence-electron chi connectivity index (χ3n) is 4.68. The maximum Gasteiger partial charge on any atom is 0.306 e. The molecule has 0 aromatic heterocycles. The summed E-state index contributed by atoms with van der Waals surface area (Å²) in [5.41, 5.74) is 5.28. The van der Waals surface area contributed by atoms with Gasteiger partial charge in [-0.1, -0.05) is 6.42 Å². The summed E-state index contributed by atoms with van der Waals surface area (Å²) in [6, 6.07) is -0.0383. The Bertz CT molecular complexity index is 366. The average Bonchev–Trinajstić information content (AvgIpc) is 2.48. The number of ether oxygens (including phenoxy) is 1. The summed E-state index contributed by atoms with van der Waals surface area (Å²) in [6.07, 6.45) is 4.22. The molecule has 0 aromatic rings. The lowest BCUT2D eigenvalue weighted by atomic mass is 9.78. The Morgan fingerprint density at radius 2 is 2.00 bits per heavy atom. The minimum Gasteiger partial charge on any atom is -0.481 e. The molecular formula is C14H24N2O4. The highest BCUT2D eigenvalue weighted by Gasteiger charge is 2.40. The normalized spacial score (nSPS) is 29.6. The molecular weight excluding hydrogens is 260 g/mol. The summed E-state index contributed by atoms with van der Waals surface area (Å²) in [7, 11) is 0.